The van der Waals surface area contributed by atoms with Crippen molar-refractivity contribution in [1.82, 2.24) is 14.5 Å². The third kappa shape index (κ3) is 4.85. The van der Waals surface area contributed by atoms with Gasteiger partial charge < -0.3 is 19.3 Å². The lowest BCUT2D eigenvalue weighted by Gasteiger charge is -2.25. The van der Waals surface area contributed by atoms with Gasteiger partial charge in [0.25, 0.3) is 11.7 Å². The summed E-state index contributed by atoms with van der Waals surface area (Å²) in [5, 5.41) is 11.1. The van der Waals surface area contributed by atoms with E-state index in [4.69, 9.17) is 4.74 Å². The number of hydrogen-bond donors (Lipinski definition) is 1. The molecule has 0 unspecified atom stereocenters. The van der Waals surface area contributed by atoms with Crippen molar-refractivity contribution in [2.45, 2.75) is 32.4 Å². The molecule has 1 amide bonds. The number of aliphatic hydroxyl groups is 1. The molecule has 176 valence electrons. The molecule has 2 heterocycles. The van der Waals surface area contributed by atoms with Gasteiger partial charge in [0.15, 0.2) is 0 Å². The van der Waals surface area contributed by atoms with Crippen molar-refractivity contribution in [3.05, 3.63) is 89.8 Å². The second-order valence-electron chi connectivity index (χ2n) is 8.07. The topological polar surface area (TPSA) is 84.7 Å². The third-order valence-corrected chi connectivity index (χ3v) is 5.70. The number of likely N-dealkylation sites (tertiary alicyclic amines) is 1. The van der Waals surface area contributed by atoms with Gasteiger partial charge >= 0.3 is 0 Å². The summed E-state index contributed by atoms with van der Waals surface area (Å²) in [6.45, 7) is 3.47. The van der Waals surface area contributed by atoms with Crippen LogP contribution in [0.2, 0.25) is 0 Å². The number of halogens is 1. The van der Waals surface area contributed by atoms with Crippen molar-refractivity contribution in [2.24, 2.45) is 0 Å². The minimum Gasteiger partial charge on any atom is -0.507 e. The standard InChI is InChI=1S/C26H26FN3O4/c1-2-16-34-21-10-6-19(7-11-21)24(31)22-23(18-4-8-20(27)9-5-18)30(26(33)25(22)32)14-3-13-29-15-12-28-17-29/h4-12,15,17,23,31H,2-3,13-14,16H2,1H3/t23-/m1/s1. The zero-order chi connectivity index (χ0) is 24.1. The van der Waals surface area contributed by atoms with Gasteiger partial charge in [0.05, 0.1) is 24.5 Å². The van der Waals surface area contributed by atoms with E-state index in [9.17, 15) is 19.1 Å². The number of benzene rings is 2. The second-order valence-corrected chi connectivity index (χ2v) is 8.07. The normalized spacial score (nSPS) is 17.4. The lowest BCUT2D eigenvalue weighted by Crippen LogP contribution is -2.31. The fourth-order valence-corrected chi connectivity index (χ4v) is 4.03. The Morgan fingerprint density at radius 3 is 2.47 bits per heavy atom. The van der Waals surface area contributed by atoms with Crippen molar-refractivity contribution < 1.29 is 23.8 Å². The number of imidazole rings is 1. The van der Waals surface area contributed by atoms with Gasteiger partial charge in [0.1, 0.15) is 17.3 Å². The number of aliphatic hydroxyl groups excluding tert-OH is 1. The first kappa shape index (κ1) is 23.2. The number of carbonyl (C=O) groups is 2. The number of ketones is 1. The lowest BCUT2D eigenvalue weighted by molar-refractivity contribution is -0.139. The number of rotatable bonds is 9. The molecular weight excluding hydrogens is 437 g/mol. The van der Waals surface area contributed by atoms with Crippen LogP contribution >= 0.6 is 0 Å². The Morgan fingerprint density at radius 2 is 1.82 bits per heavy atom. The fourth-order valence-electron chi connectivity index (χ4n) is 4.03. The van der Waals surface area contributed by atoms with Gasteiger partial charge in [-0.3, -0.25) is 9.59 Å². The van der Waals surface area contributed by atoms with Gasteiger partial charge in [-0.15, -0.1) is 0 Å². The molecule has 4 rings (SSSR count). The van der Waals surface area contributed by atoms with E-state index in [1.807, 2.05) is 17.7 Å². The molecular formula is C26H26FN3O4. The highest BCUT2D eigenvalue weighted by Gasteiger charge is 2.45. The molecule has 1 N–H and O–H groups in total. The molecule has 1 saturated heterocycles. The van der Waals surface area contributed by atoms with E-state index < -0.39 is 23.5 Å². The van der Waals surface area contributed by atoms with E-state index in [0.717, 1.165) is 6.42 Å². The largest absolute Gasteiger partial charge is 0.507 e. The Hall–Kier alpha value is -3.94. The van der Waals surface area contributed by atoms with E-state index in [0.29, 0.717) is 36.4 Å². The highest BCUT2D eigenvalue weighted by Crippen LogP contribution is 2.39. The molecule has 2 aromatic carbocycles. The van der Waals surface area contributed by atoms with Crippen LogP contribution in [-0.4, -0.2) is 44.4 Å². The predicted molar refractivity (Wildman–Crippen MR) is 124 cm³/mol. The first-order valence-electron chi connectivity index (χ1n) is 11.2. The number of aromatic nitrogens is 2. The first-order valence-corrected chi connectivity index (χ1v) is 11.2. The summed E-state index contributed by atoms with van der Waals surface area (Å²) in [6.07, 6.45) is 6.61. The minimum absolute atomic E-state index is 0.0125. The van der Waals surface area contributed by atoms with E-state index in [-0.39, 0.29) is 17.9 Å². The summed E-state index contributed by atoms with van der Waals surface area (Å²) in [7, 11) is 0. The van der Waals surface area contributed by atoms with Crippen LogP contribution in [0.3, 0.4) is 0 Å². The Balaban J connectivity index is 1.67. The van der Waals surface area contributed by atoms with Crippen LogP contribution in [0.1, 0.15) is 36.9 Å². The predicted octanol–water partition coefficient (Wildman–Crippen LogP) is 4.32. The zero-order valence-corrected chi connectivity index (χ0v) is 18.9. The molecule has 1 aliphatic rings. The highest BCUT2D eigenvalue weighted by molar-refractivity contribution is 6.46. The maximum Gasteiger partial charge on any atom is 0.295 e. The van der Waals surface area contributed by atoms with Crippen LogP contribution in [0.25, 0.3) is 5.76 Å². The third-order valence-electron chi connectivity index (χ3n) is 5.70. The first-order chi connectivity index (χ1) is 16.5. The lowest BCUT2D eigenvalue weighted by atomic mass is 9.95. The molecule has 1 aromatic heterocycles. The minimum atomic E-state index is -0.820. The quantitative estimate of drug-likeness (QED) is 0.290. The van der Waals surface area contributed by atoms with Gasteiger partial charge in [-0.25, -0.2) is 9.37 Å². The number of amides is 1. The summed E-state index contributed by atoms with van der Waals surface area (Å²) in [6, 6.07) is 11.5. The summed E-state index contributed by atoms with van der Waals surface area (Å²) in [4.78, 5) is 31.5. The number of hydrogen-bond acceptors (Lipinski definition) is 5. The molecule has 3 aromatic rings. The molecule has 34 heavy (non-hydrogen) atoms. The number of ether oxygens (including phenoxy) is 1. The van der Waals surface area contributed by atoms with Crippen LogP contribution in [-0.2, 0) is 16.1 Å². The highest BCUT2D eigenvalue weighted by atomic mass is 19.1. The number of nitrogens with zero attached hydrogens (tertiary/aromatic N) is 3. The monoisotopic (exact) mass is 463 g/mol. The molecule has 1 atom stereocenters. The summed E-state index contributed by atoms with van der Waals surface area (Å²) in [5.74, 6) is -1.51. The number of aryl methyl sites for hydroxylation is 1. The molecule has 8 heteroatoms. The van der Waals surface area contributed by atoms with Crippen LogP contribution in [0.5, 0.6) is 5.75 Å². The smallest absolute Gasteiger partial charge is 0.295 e. The number of Topliss-reactive ketones (excluding diaryl/α,β-unsaturated/α-hetero) is 1. The van der Waals surface area contributed by atoms with Crippen molar-refractivity contribution >= 4 is 17.4 Å². The molecule has 7 nitrogen and oxygen atoms in total. The van der Waals surface area contributed by atoms with Crippen LogP contribution in [0.15, 0.2) is 72.8 Å². The maximum atomic E-state index is 13.6. The van der Waals surface area contributed by atoms with E-state index in [1.165, 1.54) is 29.2 Å². The van der Waals surface area contributed by atoms with Gasteiger partial charge in [-0.1, -0.05) is 19.1 Å². The van der Waals surface area contributed by atoms with Gasteiger partial charge in [0.2, 0.25) is 0 Å². The summed E-state index contributed by atoms with van der Waals surface area (Å²) >= 11 is 0. The van der Waals surface area contributed by atoms with Crippen LogP contribution < -0.4 is 4.74 Å². The molecule has 0 bridgehead atoms. The fraction of sp³-hybridized carbons (Fsp3) is 0.269. The maximum absolute atomic E-state index is 13.6. The average Bonchev–Trinajstić information content (AvgIpc) is 3.45. The van der Waals surface area contributed by atoms with Gasteiger partial charge in [0, 0.05) is 31.0 Å². The Kier molecular flexibility index (Phi) is 7.06. The zero-order valence-electron chi connectivity index (χ0n) is 18.9. The summed E-state index contributed by atoms with van der Waals surface area (Å²) in [5.41, 5.74) is 0.932. The molecule has 1 aliphatic heterocycles. The number of carbonyl (C=O) groups excluding carboxylic acids is 2. The molecule has 1 fully saturated rings. The molecule has 0 spiro atoms. The van der Waals surface area contributed by atoms with Crippen molar-refractivity contribution in [3.8, 4) is 5.75 Å². The van der Waals surface area contributed by atoms with E-state index >= 15 is 0 Å². The van der Waals surface area contributed by atoms with E-state index in [1.54, 1.807) is 36.8 Å². The van der Waals surface area contributed by atoms with Gasteiger partial charge in [-0.2, -0.15) is 0 Å². The summed E-state index contributed by atoms with van der Waals surface area (Å²) < 4.78 is 21.1. The van der Waals surface area contributed by atoms with Crippen LogP contribution in [0.4, 0.5) is 4.39 Å². The van der Waals surface area contributed by atoms with Crippen molar-refractivity contribution in [3.63, 3.8) is 0 Å². The molecule has 0 radical (unpaired) electrons. The van der Waals surface area contributed by atoms with Crippen molar-refractivity contribution in [1.29, 1.82) is 0 Å². The Bertz CT molecular complexity index is 1170. The average molecular weight is 464 g/mol. The second kappa shape index (κ2) is 10.3. The van der Waals surface area contributed by atoms with Gasteiger partial charge in [-0.05, 0) is 54.8 Å². The molecule has 0 saturated carbocycles. The van der Waals surface area contributed by atoms with Crippen molar-refractivity contribution in [2.75, 3.05) is 13.2 Å². The Morgan fingerprint density at radius 1 is 1.09 bits per heavy atom. The SMILES string of the molecule is CCCOc1ccc(C(O)=C2C(=O)C(=O)N(CCCn3ccnc3)[C@@H]2c2ccc(F)cc2)cc1. The van der Waals surface area contributed by atoms with E-state index in [2.05, 4.69) is 4.98 Å². The Labute approximate surface area is 197 Å². The molecule has 0 aliphatic carbocycles. The van der Waals surface area contributed by atoms with Crippen LogP contribution in [0, 0.1) is 5.82 Å².